The van der Waals surface area contributed by atoms with Crippen molar-refractivity contribution in [2.45, 2.75) is 154 Å². The summed E-state index contributed by atoms with van der Waals surface area (Å²) in [5.74, 6) is -15.2. The molecule has 30 heteroatoms. The van der Waals surface area contributed by atoms with Gasteiger partial charge < -0.3 is 86.7 Å². The van der Waals surface area contributed by atoms with E-state index in [4.69, 9.17) is 28.7 Å². The van der Waals surface area contributed by atoms with Crippen molar-refractivity contribution in [3.63, 3.8) is 0 Å². The van der Waals surface area contributed by atoms with Gasteiger partial charge in [0.25, 0.3) is 0 Å². The highest BCUT2D eigenvalue weighted by Gasteiger charge is 2.37. The van der Waals surface area contributed by atoms with E-state index in [2.05, 4.69) is 52.8 Å². The second kappa shape index (κ2) is 34.3. The van der Waals surface area contributed by atoms with Crippen LogP contribution in [-0.2, 0) is 68.7 Å². The molecule has 434 valence electrons. The Balaban J connectivity index is 3.65. The fraction of sp³-hybridized carbons (Fsp3) is 0.583. The number of primary amides is 3. The second-order valence-corrected chi connectivity index (χ2v) is 18.6. The van der Waals surface area contributed by atoms with E-state index in [1.807, 2.05) is 6.92 Å². The molecule has 0 spiro atoms. The van der Waals surface area contributed by atoms with Gasteiger partial charge in [0.2, 0.25) is 70.9 Å². The molecule has 12 amide bonds. The number of aliphatic hydroxyl groups is 1. The number of aliphatic carboxylic acids is 1. The van der Waals surface area contributed by atoms with Gasteiger partial charge in [-0.1, -0.05) is 70.9 Å². The molecule has 0 aliphatic rings. The number of carboxylic acids is 1. The highest BCUT2D eigenvalue weighted by molar-refractivity contribution is 6.00. The van der Waals surface area contributed by atoms with Gasteiger partial charge in [-0.25, -0.2) is 0 Å². The van der Waals surface area contributed by atoms with Crippen LogP contribution in [0, 0.1) is 11.8 Å². The quantitative estimate of drug-likeness (QED) is 0.0169. The molecule has 1 rings (SSSR count). The number of aliphatic imine (C=N–C) groups is 1. The number of carbonyl (C=O) groups is 13. The number of guanidine groups is 1. The van der Waals surface area contributed by atoms with Crippen LogP contribution in [0.2, 0.25) is 0 Å². The molecule has 1 aromatic carbocycles. The molecule has 0 saturated heterocycles. The fourth-order valence-corrected chi connectivity index (χ4v) is 7.35. The average molecular weight is 1100 g/mol. The Morgan fingerprint density at radius 3 is 1.41 bits per heavy atom. The molecule has 0 heterocycles. The summed E-state index contributed by atoms with van der Waals surface area (Å²) in [4.78, 5) is 174. The van der Waals surface area contributed by atoms with E-state index in [1.165, 1.54) is 6.92 Å². The summed E-state index contributed by atoms with van der Waals surface area (Å²) in [5, 5.41) is 41.1. The summed E-state index contributed by atoms with van der Waals surface area (Å²) in [6.07, 6.45) is -4.44. The molecule has 0 aliphatic carbocycles. The lowest BCUT2D eigenvalue weighted by atomic mass is 9.96. The third-order valence-corrected chi connectivity index (χ3v) is 12.0. The van der Waals surface area contributed by atoms with Crippen LogP contribution in [-0.4, -0.2) is 161 Å². The van der Waals surface area contributed by atoms with Crippen LogP contribution in [0.25, 0.3) is 0 Å². The maximum atomic E-state index is 14.4. The molecule has 30 nitrogen and oxygen atoms in total. The van der Waals surface area contributed by atoms with E-state index in [-0.39, 0.29) is 44.1 Å². The van der Waals surface area contributed by atoms with Crippen LogP contribution < -0.4 is 76.5 Å². The van der Waals surface area contributed by atoms with Crippen LogP contribution >= 0.6 is 0 Å². The van der Waals surface area contributed by atoms with E-state index in [9.17, 15) is 72.5 Å². The molecule has 1 aromatic rings. The van der Waals surface area contributed by atoms with Crippen molar-refractivity contribution in [2.75, 3.05) is 13.1 Å². The Hall–Kier alpha value is -8.44. The number of aliphatic hydroxyl groups excluding tert-OH is 1. The molecule has 0 radical (unpaired) electrons. The smallest absolute Gasteiger partial charge is 0.303 e. The molecule has 11 atom stereocenters. The molecule has 0 aromatic heterocycles. The standard InChI is InChI=1S/C48H77N15O15/c1-7-23(3)37(56-26(6)65)46(77)60-30(19-27-13-10-9-11-14-27)42(73)57-28(15-12-18-54-48(52)53)41(72)62-38(24(4)8-2)47(78)61-31(20-33(49)66)43(74)58-29(16-17-36(69)70)40(71)59-32(21-34(50)67)44(75)63-39(25(5)64)45(76)55-22-35(51)68/h9-11,13-14,23-25,28-32,37-39,64H,7-8,12,15-22H2,1-6H3,(H2,49,66)(H2,50,67)(H2,51,68)(H,55,76)(H,56,65)(H,57,73)(H,58,74)(H,59,71)(H,60,77)(H,61,78)(H,62,72)(H,63,75)(H,69,70)(H4,52,53,54)/t23-,24-,25+,28-,29-,30-,31-,32-,37-,38-,39-/m0/s1. The van der Waals surface area contributed by atoms with Crippen molar-refractivity contribution in [1.82, 2.24) is 47.9 Å². The largest absolute Gasteiger partial charge is 0.481 e. The van der Waals surface area contributed by atoms with Crippen LogP contribution in [0.4, 0.5) is 0 Å². The molecule has 0 fully saturated rings. The highest BCUT2D eigenvalue weighted by atomic mass is 16.4. The first-order valence-corrected chi connectivity index (χ1v) is 25.0. The normalized spacial score (nSPS) is 15.1. The van der Waals surface area contributed by atoms with E-state index in [0.717, 1.165) is 6.92 Å². The van der Waals surface area contributed by atoms with E-state index in [1.54, 1.807) is 51.1 Å². The van der Waals surface area contributed by atoms with Gasteiger partial charge in [0.1, 0.15) is 48.3 Å². The number of rotatable bonds is 36. The van der Waals surface area contributed by atoms with Crippen molar-refractivity contribution in [2.24, 2.45) is 45.5 Å². The predicted octanol–water partition coefficient (Wildman–Crippen LogP) is -6.13. The summed E-state index contributed by atoms with van der Waals surface area (Å²) in [5.41, 5.74) is 27.4. The maximum absolute atomic E-state index is 14.4. The van der Waals surface area contributed by atoms with Gasteiger partial charge in [-0.3, -0.25) is 67.3 Å². The summed E-state index contributed by atoms with van der Waals surface area (Å²) >= 11 is 0. The number of carboxylic acid groups (broad SMARTS) is 1. The first-order chi connectivity index (χ1) is 36.5. The number of amides is 12. The van der Waals surface area contributed by atoms with Crippen molar-refractivity contribution in [1.29, 1.82) is 0 Å². The molecular formula is C48H77N15O15. The third kappa shape index (κ3) is 25.4. The Morgan fingerprint density at radius 1 is 0.526 bits per heavy atom. The first-order valence-electron chi connectivity index (χ1n) is 25.0. The summed E-state index contributed by atoms with van der Waals surface area (Å²) in [6.45, 7) is 8.38. The lowest BCUT2D eigenvalue weighted by Crippen LogP contribution is -2.62. The lowest BCUT2D eigenvalue weighted by Gasteiger charge is -2.30. The van der Waals surface area contributed by atoms with Crippen LogP contribution in [0.3, 0.4) is 0 Å². The van der Waals surface area contributed by atoms with Crippen molar-refractivity contribution in [3.8, 4) is 0 Å². The number of nitrogens with zero attached hydrogens (tertiary/aromatic N) is 1. The van der Waals surface area contributed by atoms with Gasteiger partial charge in [-0.05, 0) is 43.6 Å². The van der Waals surface area contributed by atoms with Crippen molar-refractivity contribution in [3.05, 3.63) is 35.9 Å². The molecule has 21 N–H and O–H groups in total. The average Bonchev–Trinajstić information content (AvgIpc) is 3.35. The highest BCUT2D eigenvalue weighted by Crippen LogP contribution is 2.14. The Morgan fingerprint density at radius 2 is 0.949 bits per heavy atom. The fourth-order valence-electron chi connectivity index (χ4n) is 7.35. The zero-order valence-electron chi connectivity index (χ0n) is 44.6. The number of hydrogen-bond acceptors (Lipinski definition) is 15. The van der Waals surface area contributed by atoms with Gasteiger partial charge in [-0.15, -0.1) is 0 Å². The Kier molecular flexibility index (Phi) is 29.7. The number of carbonyl (C=O) groups excluding carboxylic acids is 12. The van der Waals surface area contributed by atoms with Gasteiger partial charge in [-0.2, -0.15) is 0 Å². The lowest BCUT2D eigenvalue weighted by molar-refractivity contribution is -0.139. The zero-order valence-corrected chi connectivity index (χ0v) is 44.6. The van der Waals surface area contributed by atoms with Crippen molar-refractivity contribution >= 4 is 82.8 Å². The monoisotopic (exact) mass is 1100 g/mol. The molecule has 0 aliphatic heterocycles. The van der Waals surface area contributed by atoms with Gasteiger partial charge in [0, 0.05) is 26.3 Å². The van der Waals surface area contributed by atoms with Crippen LogP contribution in [0.5, 0.6) is 0 Å². The summed E-state index contributed by atoms with van der Waals surface area (Å²) < 4.78 is 0. The third-order valence-electron chi connectivity index (χ3n) is 12.0. The van der Waals surface area contributed by atoms with Gasteiger partial charge >= 0.3 is 5.97 Å². The Bertz CT molecular complexity index is 2320. The van der Waals surface area contributed by atoms with Crippen molar-refractivity contribution < 1.29 is 72.5 Å². The summed E-state index contributed by atoms with van der Waals surface area (Å²) in [6, 6.07) is -4.29. The van der Waals surface area contributed by atoms with E-state index >= 15 is 0 Å². The number of benzene rings is 1. The predicted molar refractivity (Wildman–Crippen MR) is 278 cm³/mol. The van der Waals surface area contributed by atoms with Gasteiger partial charge in [0.15, 0.2) is 5.96 Å². The first kappa shape index (κ1) is 67.6. The molecule has 78 heavy (non-hydrogen) atoms. The SMILES string of the molecule is CC[C@H](C)[C@H](NC(C)=O)C(=O)N[C@@H](Cc1ccccc1)C(=O)N[C@@H](CCCN=C(N)N)C(=O)N[C@H](C(=O)N[C@@H](CC(N)=O)C(=O)N[C@@H](CCC(=O)O)C(=O)N[C@@H](CC(N)=O)C(=O)N[C@H](C(=O)NCC(N)=O)[C@@H](C)O)[C@@H](C)CC. The van der Waals surface area contributed by atoms with Crippen LogP contribution in [0.1, 0.15) is 98.5 Å². The molecule has 0 saturated carbocycles. The minimum absolute atomic E-state index is 0.00894. The zero-order chi connectivity index (χ0) is 59.4. The van der Waals surface area contributed by atoms with E-state index in [0.29, 0.717) is 12.0 Å². The van der Waals surface area contributed by atoms with Crippen LogP contribution in [0.15, 0.2) is 35.3 Å². The molecule has 0 bridgehead atoms. The minimum atomic E-state index is -1.93. The number of nitrogens with one attached hydrogen (secondary N) is 9. The van der Waals surface area contributed by atoms with E-state index < -0.39 is 169 Å². The molecular weight excluding hydrogens is 1030 g/mol. The van der Waals surface area contributed by atoms with Gasteiger partial charge in [0.05, 0.1) is 25.5 Å². The second-order valence-electron chi connectivity index (χ2n) is 18.6. The Labute approximate surface area is 450 Å². The minimum Gasteiger partial charge on any atom is -0.481 e. The number of nitrogens with two attached hydrogens (primary N) is 5. The topological polar surface area (TPSA) is 513 Å². The molecule has 0 unspecified atom stereocenters. The maximum Gasteiger partial charge on any atom is 0.303 e. The summed E-state index contributed by atoms with van der Waals surface area (Å²) in [7, 11) is 0. The number of hydrogen-bond donors (Lipinski definition) is 16.